The summed E-state index contributed by atoms with van der Waals surface area (Å²) in [6.07, 6.45) is 2.69. The van der Waals surface area contributed by atoms with Crippen LogP contribution in [0.15, 0.2) is 48.7 Å². The van der Waals surface area contributed by atoms with E-state index in [1.165, 1.54) is 16.7 Å². The van der Waals surface area contributed by atoms with Crippen LogP contribution in [-0.2, 0) is 23.5 Å². The Morgan fingerprint density at radius 2 is 1.84 bits per heavy atom. The van der Waals surface area contributed by atoms with Gasteiger partial charge < -0.3 is 20.1 Å². The van der Waals surface area contributed by atoms with Gasteiger partial charge in [0, 0.05) is 25.4 Å². The van der Waals surface area contributed by atoms with Gasteiger partial charge >= 0.3 is 10.5 Å². The number of rotatable bonds is 4. The predicted molar refractivity (Wildman–Crippen MR) is 145 cm³/mol. The highest BCUT2D eigenvalue weighted by Crippen LogP contribution is 2.44. The molecule has 2 aromatic carbocycles. The molecule has 3 heterocycles. The van der Waals surface area contributed by atoms with Gasteiger partial charge in [-0.15, -0.1) is 0 Å². The summed E-state index contributed by atoms with van der Waals surface area (Å²) in [4.78, 5) is 16.3. The highest BCUT2D eigenvalue weighted by atomic mass is 32.2. The first-order valence-electron chi connectivity index (χ1n) is 11.1. The summed E-state index contributed by atoms with van der Waals surface area (Å²) in [6.45, 7) is 3.75. The summed E-state index contributed by atoms with van der Waals surface area (Å²) in [6, 6.07) is 14.0. The lowest BCUT2D eigenvalue weighted by Gasteiger charge is -2.30. The molecule has 0 radical (unpaired) electrons. The Labute approximate surface area is 217 Å². The van der Waals surface area contributed by atoms with Crippen molar-refractivity contribution in [3.05, 3.63) is 65.4 Å². The van der Waals surface area contributed by atoms with E-state index in [4.69, 9.17) is 38.4 Å². The number of nitrogens with two attached hydrogens (primary N) is 1. The number of hydrogen-bond acceptors (Lipinski definition) is 10. The molecule has 0 spiro atoms. The summed E-state index contributed by atoms with van der Waals surface area (Å²) < 4.78 is 34.2. The zero-order chi connectivity index (χ0) is 25.8. The molecule has 3 N–H and O–H groups in total. The Hall–Kier alpha value is -4.25. The number of anilines is 2. The Morgan fingerprint density at radius 1 is 1.08 bits per heavy atom. The summed E-state index contributed by atoms with van der Waals surface area (Å²) in [5.41, 5.74) is 12.7. The van der Waals surface area contributed by atoms with Gasteiger partial charge in [-0.3, -0.25) is 4.98 Å². The molecule has 2 aromatic heterocycles. The molecule has 0 saturated heterocycles. The number of nitrogens with one attached hydrogen (secondary N) is 1. The Kier molecular flexibility index (Phi) is 8.61. The summed E-state index contributed by atoms with van der Waals surface area (Å²) in [5.74, 6) is 2.14. The minimum absolute atomic E-state index is 0. The molecule has 5 rings (SSSR count). The lowest BCUT2D eigenvalue weighted by Crippen LogP contribution is -2.32. The van der Waals surface area contributed by atoms with E-state index in [-0.39, 0.29) is 7.43 Å². The van der Waals surface area contributed by atoms with Gasteiger partial charge in [-0.25, -0.2) is 4.98 Å². The summed E-state index contributed by atoms with van der Waals surface area (Å²) >= 11 is 0. The number of aromatic nitrogens is 3. The van der Waals surface area contributed by atoms with Crippen LogP contribution < -0.4 is 20.1 Å². The van der Waals surface area contributed by atoms with E-state index in [0.29, 0.717) is 34.2 Å². The van der Waals surface area contributed by atoms with Gasteiger partial charge in [-0.2, -0.15) is 18.2 Å². The quantitative estimate of drug-likeness (QED) is 0.398. The van der Waals surface area contributed by atoms with E-state index in [0.717, 1.165) is 30.8 Å². The molecule has 1 aliphatic rings. The normalized spacial score (nSPS) is 12.0. The first kappa shape index (κ1) is 27.3. The van der Waals surface area contributed by atoms with Gasteiger partial charge in [-0.05, 0) is 42.2 Å². The molecule has 1 aliphatic heterocycles. The van der Waals surface area contributed by atoms with E-state index < -0.39 is 10.5 Å². The van der Waals surface area contributed by atoms with Gasteiger partial charge in [0.15, 0.2) is 11.5 Å². The summed E-state index contributed by atoms with van der Waals surface area (Å²) in [7, 11) is 0.607. The van der Waals surface area contributed by atoms with Crippen molar-refractivity contribution in [2.24, 2.45) is 0 Å². The largest absolute Gasteiger partial charge is 0.493 e. The third-order valence-corrected chi connectivity index (χ3v) is 6.05. The first-order chi connectivity index (χ1) is 17.3. The minimum atomic E-state index is -2.61. The fourth-order valence-corrected chi connectivity index (χ4v) is 4.49. The fraction of sp³-hybridized carbons (Fsp3) is 0.269. The second-order valence-corrected chi connectivity index (χ2v) is 8.59. The fourth-order valence-electron chi connectivity index (χ4n) is 4.49. The van der Waals surface area contributed by atoms with Gasteiger partial charge in [0.2, 0.25) is 5.95 Å². The molecule has 0 atom stereocenters. The van der Waals surface area contributed by atoms with Crippen LogP contribution in [0.5, 0.6) is 11.5 Å². The number of nitrogen functional groups attached to an aromatic ring is 1. The van der Waals surface area contributed by atoms with E-state index in [2.05, 4.69) is 35.0 Å². The second-order valence-electron chi connectivity index (χ2n) is 8.12. The van der Waals surface area contributed by atoms with Crippen molar-refractivity contribution in [1.29, 1.82) is 4.78 Å². The van der Waals surface area contributed by atoms with Crippen molar-refractivity contribution in [3.63, 3.8) is 0 Å². The van der Waals surface area contributed by atoms with Gasteiger partial charge in [0.05, 0.1) is 36.4 Å². The van der Waals surface area contributed by atoms with Crippen molar-refractivity contribution < 1.29 is 17.9 Å². The molecule has 0 amide bonds. The Bertz CT molecular complexity index is 1520. The number of methoxy groups -OCH3 is 2. The maximum atomic E-state index is 8.67. The van der Waals surface area contributed by atoms with Gasteiger partial charge in [-0.1, -0.05) is 31.7 Å². The average molecular weight is 523 g/mol. The zero-order valence-electron chi connectivity index (χ0n) is 20.1. The van der Waals surface area contributed by atoms with Gasteiger partial charge in [0.25, 0.3) is 0 Å². The lowest BCUT2D eigenvalue weighted by molar-refractivity contribution is 0.357. The van der Waals surface area contributed by atoms with Crippen molar-refractivity contribution >= 4 is 33.2 Å². The number of aryl methyl sites for hydroxylation is 1. The first-order valence-corrected chi connectivity index (χ1v) is 12.2. The Balaban J connectivity index is 0.000000711. The number of fused-ring (bicyclic) bond motifs is 2. The van der Waals surface area contributed by atoms with Crippen LogP contribution in [-0.4, -0.2) is 44.1 Å². The highest BCUT2D eigenvalue weighted by Gasteiger charge is 2.24. The molecular formula is C26H30N6O4S. The number of pyridine rings is 1. The molecule has 37 heavy (non-hydrogen) atoms. The number of nitrogens with zero attached hydrogens (tertiary/aromatic N) is 4. The molecule has 0 aliphatic carbocycles. The van der Waals surface area contributed by atoms with Crippen LogP contribution in [0.3, 0.4) is 0 Å². The topological polar surface area (TPSA) is 144 Å². The van der Waals surface area contributed by atoms with Crippen LogP contribution in [0, 0.1) is 11.7 Å². The SMILES string of the molecule is C.COc1cc2nc(N3CCc4c(C)cccc4C3)nc(N)c2c(-c2ccccn2)c1OC.N=S(=O)=O. The zero-order valence-corrected chi connectivity index (χ0v) is 21.0. The number of hydrogen-bond donors (Lipinski definition) is 2. The standard InChI is InChI=1S/C25H25N5O2.CH4.HNO2S/c1-15-7-6-8-16-14-30(12-10-17(15)16)25-28-19-13-20(31-2)23(32-3)21(22(19)24(26)29-25)18-9-4-5-11-27-18;;1-4(2)3/h4-9,11,13H,10,12,14H2,1-3H3,(H2,26,28,29);1H4;1H. The van der Waals surface area contributed by atoms with Crippen LogP contribution in [0.25, 0.3) is 22.2 Å². The molecule has 11 heteroatoms. The minimum Gasteiger partial charge on any atom is -0.493 e. The van der Waals surface area contributed by atoms with E-state index in [9.17, 15) is 0 Å². The van der Waals surface area contributed by atoms with Crippen LogP contribution in [0.4, 0.5) is 11.8 Å². The maximum absolute atomic E-state index is 8.67. The third-order valence-electron chi connectivity index (χ3n) is 6.05. The molecule has 0 fully saturated rings. The van der Waals surface area contributed by atoms with Gasteiger partial charge in [0.1, 0.15) is 5.82 Å². The maximum Gasteiger partial charge on any atom is 0.308 e. The smallest absolute Gasteiger partial charge is 0.308 e. The molecule has 0 unspecified atom stereocenters. The number of ether oxygens (including phenoxy) is 2. The van der Waals surface area contributed by atoms with Crippen LogP contribution >= 0.6 is 0 Å². The average Bonchev–Trinajstić information content (AvgIpc) is 2.87. The van der Waals surface area contributed by atoms with Crippen molar-refractivity contribution in [2.75, 3.05) is 31.4 Å². The molecule has 0 saturated carbocycles. The monoisotopic (exact) mass is 522 g/mol. The van der Waals surface area contributed by atoms with Crippen molar-refractivity contribution in [2.45, 2.75) is 27.3 Å². The van der Waals surface area contributed by atoms with E-state index in [1.807, 2.05) is 24.3 Å². The number of benzene rings is 2. The molecule has 0 bridgehead atoms. The summed E-state index contributed by atoms with van der Waals surface area (Å²) in [5, 5.41) is 0.707. The molecular weight excluding hydrogens is 492 g/mol. The molecule has 10 nitrogen and oxygen atoms in total. The second kappa shape index (κ2) is 11.7. The van der Waals surface area contributed by atoms with Crippen LogP contribution in [0.2, 0.25) is 0 Å². The molecule has 194 valence electrons. The predicted octanol–water partition coefficient (Wildman–Crippen LogP) is 4.43. The third kappa shape index (κ3) is 5.61. The highest BCUT2D eigenvalue weighted by molar-refractivity contribution is 7.60. The van der Waals surface area contributed by atoms with Crippen LogP contribution in [0.1, 0.15) is 24.1 Å². The van der Waals surface area contributed by atoms with E-state index >= 15 is 0 Å². The Morgan fingerprint density at radius 3 is 2.49 bits per heavy atom. The van der Waals surface area contributed by atoms with E-state index in [1.54, 1.807) is 20.4 Å². The van der Waals surface area contributed by atoms with Crippen molar-refractivity contribution in [3.8, 4) is 22.8 Å². The lowest BCUT2D eigenvalue weighted by atomic mass is 9.95. The molecule has 4 aromatic rings. The van der Waals surface area contributed by atoms with Crippen molar-refractivity contribution in [1.82, 2.24) is 15.0 Å².